The minimum Gasteiger partial charge on any atom is -0.373 e. The molecule has 0 radical (unpaired) electrons. The molecule has 1 amide bonds. The van der Waals surface area contributed by atoms with E-state index in [9.17, 15) is 4.79 Å². The first-order chi connectivity index (χ1) is 15.8. The summed E-state index contributed by atoms with van der Waals surface area (Å²) in [6, 6.07) is 13.7. The van der Waals surface area contributed by atoms with Crippen molar-refractivity contribution >= 4 is 17.5 Å². The van der Waals surface area contributed by atoms with Crippen LogP contribution in [-0.2, 0) is 17.8 Å². The number of hydrogen-bond donors (Lipinski definition) is 1. The number of hydrogen-bond acceptors (Lipinski definition) is 5. The zero-order valence-corrected chi connectivity index (χ0v) is 20.3. The smallest absolute Gasteiger partial charge is 0.271 e. The number of ether oxygens (including phenoxy) is 1. The highest BCUT2D eigenvalue weighted by Crippen LogP contribution is 2.18. The van der Waals surface area contributed by atoms with Crippen LogP contribution in [0.2, 0.25) is 5.02 Å². The van der Waals surface area contributed by atoms with Gasteiger partial charge in [0.25, 0.3) is 5.91 Å². The predicted molar refractivity (Wildman–Crippen MR) is 129 cm³/mol. The van der Waals surface area contributed by atoms with Gasteiger partial charge in [-0.25, -0.2) is 9.67 Å². The van der Waals surface area contributed by atoms with E-state index >= 15 is 0 Å². The number of nitrogens with zero attached hydrogens (tertiary/aromatic N) is 4. The van der Waals surface area contributed by atoms with Crippen LogP contribution in [0.1, 0.15) is 46.9 Å². The van der Waals surface area contributed by atoms with Gasteiger partial charge in [0.1, 0.15) is 5.69 Å². The molecule has 1 aliphatic rings. The van der Waals surface area contributed by atoms with Crippen LogP contribution in [0.3, 0.4) is 0 Å². The van der Waals surface area contributed by atoms with Gasteiger partial charge >= 0.3 is 0 Å². The van der Waals surface area contributed by atoms with Crippen molar-refractivity contribution in [1.82, 2.24) is 25.0 Å². The lowest BCUT2D eigenvalue weighted by atomic mass is 10.1. The van der Waals surface area contributed by atoms with E-state index in [0.717, 1.165) is 36.6 Å². The number of amides is 1. The highest BCUT2D eigenvalue weighted by Gasteiger charge is 2.22. The quantitative estimate of drug-likeness (QED) is 0.591. The number of nitrogens with one attached hydrogen (secondary N) is 1. The van der Waals surface area contributed by atoms with Crippen LogP contribution < -0.4 is 5.32 Å². The van der Waals surface area contributed by atoms with Crippen molar-refractivity contribution in [3.8, 4) is 5.82 Å². The number of carbonyl (C=O) groups excluding carboxylic acids is 1. The van der Waals surface area contributed by atoms with E-state index in [-0.39, 0.29) is 23.8 Å². The zero-order chi connectivity index (χ0) is 23.5. The van der Waals surface area contributed by atoms with Gasteiger partial charge in [-0.2, -0.15) is 5.10 Å². The molecule has 2 unspecified atom stereocenters. The number of rotatable bonds is 6. The molecule has 0 bridgehead atoms. The second-order valence-corrected chi connectivity index (χ2v) is 9.20. The molecule has 0 spiro atoms. The Hall–Kier alpha value is -2.74. The van der Waals surface area contributed by atoms with Crippen molar-refractivity contribution in [3.05, 3.63) is 75.7 Å². The highest BCUT2D eigenvalue weighted by molar-refractivity contribution is 6.33. The molecule has 1 aliphatic heterocycles. The fraction of sp³-hybridized carbons (Fsp3) is 0.400. The summed E-state index contributed by atoms with van der Waals surface area (Å²) in [5.41, 5.74) is 4.27. The fourth-order valence-electron chi connectivity index (χ4n) is 4.27. The average molecular weight is 468 g/mol. The van der Waals surface area contributed by atoms with Gasteiger partial charge in [-0.1, -0.05) is 35.9 Å². The molecular weight excluding hydrogens is 438 g/mol. The summed E-state index contributed by atoms with van der Waals surface area (Å²) < 4.78 is 7.52. The van der Waals surface area contributed by atoms with Gasteiger partial charge < -0.3 is 10.1 Å². The number of morpholine rings is 1. The van der Waals surface area contributed by atoms with Crippen molar-refractivity contribution in [2.75, 3.05) is 13.1 Å². The molecule has 2 aromatic heterocycles. The number of aryl methyl sites for hydroxylation is 2. The summed E-state index contributed by atoms with van der Waals surface area (Å²) in [5.74, 6) is 0.245. The highest BCUT2D eigenvalue weighted by atomic mass is 35.5. The first-order valence-corrected chi connectivity index (χ1v) is 11.6. The van der Waals surface area contributed by atoms with Crippen LogP contribution in [0, 0.1) is 13.8 Å². The summed E-state index contributed by atoms with van der Waals surface area (Å²) in [4.78, 5) is 19.7. The van der Waals surface area contributed by atoms with Gasteiger partial charge in [0.15, 0.2) is 5.82 Å². The Bertz CT molecular complexity index is 1120. The van der Waals surface area contributed by atoms with Crippen molar-refractivity contribution in [1.29, 1.82) is 0 Å². The maximum absolute atomic E-state index is 12.8. The largest absolute Gasteiger partial charge is 0.373 e. The van der Waals surface area contributed by atoms with E-state index in [0.29, 0.717) is 17.4 Å². The topological polar surface area (TPSA) is 72.3 Å². The Balaban J connectivity index is 1.38. The number of halogens is 1. The third-order valence-corrected chi connectivity index (χ3v) is 5.96. The normalized spacial score (nSPS) is 18.9. The maximum atomic E-state index is 12.8. The molecule has 3 heterocycles. The standard InChI is InChI=1S/C25H30ClN5O2/c1-16-11-17(2)31(29-16)23-10-9-22(26)24(28-23)25(32)27-12-20-5-7-21(8-6-20)15-30-13-18(3)33-19(4)14-30/h5-11,18-19H,12-15H2,1-4H3,(H,27,32). The second-order valence-electron chi connectivity index (χ2n) is 8.79. The summed E-state index contributed by atoms with van der Waals surface area (Å²) in [6.07, 6.45) is 0.506. The van der Waals surface area contributed by atoms with Gasteiger partial charge in [-0.05, 0) is 57.0 Å². The second kappa shape index (κ2) is 10.0. The molecule has 1 N–H and O–H groups in total. The third kappa shape index (κ3) is 5.79. The summed E-state index contributed by atoms with van der Waals surface area (Å²) in [6.45, 7) is 11.3. The number of carbonyl (C=O) groups is 1. The molecule has 2 atom stereocenters. The minimum atomic E-state index is -0.316. The number of benzene rings is 1. The molecule has 4 rings (SSSR count). The number of pyridine rings is 1. The summed E-state index contributed by atoms with van der Waals surface area (Å²) in [5, 5.41) is 7.66. The molecule has 33 heavy (non-hydrogen) atoms. The Morgan fingerprint density at radius 1 is 1.09 bits per heavy atom. The van der Waals surface area contributed by atoms with Gasteiger partial charge in [-0.15, -0.1) is 0 Å². The lowest BCUT2D eigenvalue weighted by molar-refractivity contribution is -0.0704. The van der Waals surface area contributed by atoms with Crippen LogP contribution in [0.5, 0.6) is 0 Å². The first-order valence-electron chi connectivity index (χ1n) is 11.2. The van der Waals surface area contributed by atoms with E-state index in [2.05, 4.69) is 46.3 Å². The van der Waals surface area contributed by atoms with Gasteiger partial charge in [-0.3, -0.25) is 9.69 Å². The van der Waals surface area contributed by atoms with Crippen LogP contribution in [0.4, 0.5) is 0 Å². The van der Waals surface area contributed by atoms with Crippen molar-refractivity contribution < 1.29 is 9.53 Å². The van der Waals surface area contributed by atoms with Crippen LogP contribution in [0.25, 0.3) is 5.82 Å². The van der Waals surface area contributed by atoms with Crippen molar-refractivity contribution in [3.63, 3.8) is 0 Å². The third-order valence-electron chi connectivity index (χ3n) is 5.65. The van der Waals surface area contributed by atoms with E-state index in [1.165, 1.54) is 5.56 Å². The Kier molecular flexibility index (Phi) is 7.12. The van der Waals surface area contributed by atoms with E-state index in [1.807, 2.05) is 32.0 Å². The van der Waals surface area contributed by atoms with Crippen LogP contribution in [-0.4, -0.2) is 50.9 Å². The van der Waals surface area contributed by atoms with E-state index in [1.54, 1.807) is 16.8 Å². The minimum absolute atomic E-state index is 0.189. The number of aromatic nitrogens is 3. The first kappa shape index (κ1) is 23.4. The Morgan fingerprint density at radius 2 is 1.76 bits per heavy atom. The lowest BCUT2D eigenvalue weighted by Crippen LogP contribution is -2.44. The zero-order valence-electron chi connectivity index (χ0n) is 19.5. The Morgan fingerprint density at radius 3 is 2.39 bits per heavy atom. The van der Waals surface area contributed by atoms with Gasteiger partial charge in [0, 0.05) is 31.9 Å². The molecule has 1 saturated heterocycles. The van der Waals surface area contributed by atoms with Crippen molar-refractivity contribution in [2.45, 2.75) is 53.0 Å². The lowest BCUT2D eigenvalue weighted by Gasteiger charge is -2.35. The SMILES string of the molecule is Cc1cc(C)n(-c2ccc(Cl)c(C(=O)NCc3ccc(CN4CC(C)OC(C)C4)cc3)n2)n1. The Labute approximate surface area is 199 Å². The van der Waals surface area contributed by atoms with Gasteiger partial charge in [0.05, 0.1) is 22.9 Å². The van der Waals surface area contributed by atoms with E-state index < -0.39 is 0 Å². The fourth-order valence-corrected chi connectivity index (χ4v) is 4.46. The molecule has 0 saturated carbocycles. The molecule has 1 fully saturated rings. The average Bonchev–Trinajstić information content (AvgIpc) is 3.10. The monoisotopic (exact) mass is 467 g/mol. The molecule has 174 valence electrons. The molecule has 7 nitrogen and oxygen atoms in total. The van der Waals surface area contributed by atoms with Gasteiger partial charge in [0.2, 0.25) is 0 Å². The van der Waals surface area contributed by atoms with E-state index in [4.69, 9.17) is 16.3 Å². The van der Waals surface area contributed by atoms with Crippen molar-refractivity contribution in [2.24, 2.45) is 0 Å². The van der Waals surface area contributed by atoms with Crippen LogP contribution in [0.15, 0.2) is 42.5 Å². The predicted octanol–water partition coefficient (Wildman–Crippen LogP) is 4.08. The molecule has 0 aliphatic carbocycles. The molecule has 3 aromatic rings. The van der Waals surface area contributed by atoms with Crippen LogP contribution >= 0.6 is 11.6 Å². The summed E-state index contributed by atoms with van der Waals surface area (Å²) in [7, 11) is 0. The molecule has 8 heteroatoms. The summed E-state index contributed by atoms with van der Waals surface area (Å²) >= 11 is 6.27. The molecule has 1 aromatic carbocycles. The molecular formula is C25H30ClN5O2. The maximum Gasteiger partial charge on any atom is 0.271 e.